The lowest BCUT2D eigenvalue weighted by molar-refractivity contribution is -0.113. The normalized spacial score (nSPS) is 13.5. The van der Waals surface area contributed by atoms with Crippen LogP contribution in [0.3, 0.4) is 0 Å². The standard InChI is InChI=1S/C24H27N7O2S/c1-17-22(18(2)31(28-17)19-9-4-3-5-10-19)25-21(32)16-34-24-27-26-23(29-12-6-7-13-29)30(24)15-20-11-8-14-33-20/h3-5,8-11,14H,6-7,12-13,15-16H2,1-2H3,(H,25,32). The van der Waals surface area contributed by atoms with Crippen LogP contribution >= 0.6 is 11.8 Å². The fourth-order valence-corrected chi connectivity index (χ4v) is 4.92. The molecule has 1 saturated heterocycles. The molecular weight excluding hydrogens is 450 g/mol. The maximum absolute atomic E-state index is 12.9. The van der Waals surface area contributed by atoms with Gasteiger partial charge in [-0.2, -0.15) is 5.10 Å². The third-order valence-corrected chi connectivity index (χ3v) is 6.84. The van der Waals surface area contributed by atoms with E-state index in [-0.39, 0.29) is 11.7 Å². The van der Waals surface area contributed by atoms with Gasteiger partial charge in [-0.1, -0.05) is 30.0 Å². The molecule has 1 aromatic carbocycles. The van der Waals surface area contributed by atoms with E-state index in [1.54, 1.807) is 6.26 Å². The monoisotopic (exact) mass is 477 g/mol. The number of para-hydroxylation sites is 1. The van der Waals surface area contributed by atoms with Gasteiger partial charge in [0.05, 0.1) is 41.3 Å². The summed E-state index contributed by atoms with van der Waals surface area (Å²) in [6, 6.07) is 13.7. The molecule has 0 aliphatic carbocycles. The smallest absolute Gasteiger partial charge is 0.234 e. The van der Waals surface area contributed by atoms with Gasteiger partial charge in [0.25, 0.3) is 0 Å². The first-order chi connectivity index (χ1) is 16.6. The van der Waals surface area contributed by atoms with E-state index >= 15 is 0 Å². The molecule has 10 heteroatoms. The van der Waals surface area contributed by atoms with E-state index in [9.17, 15) is 4.79 Å². The van der Waals surface area contributed by atoms with Crippen LogP contribution in [0.25, 0.3) is 5.69 Å². The highest BCUT2D eigenvalue weighted by Crippen LogP contribution is 2.27. The van der Waals surface area contributed by atoms with Gasteiger partial charge in [-0.15, -0.1) is 10.2 Å². The van der Waals surface area contributed by atoms with E-state index in [0.29, 0.717) is 11.7 Å². The first-order valence-electron chi connectivity index (χ1n) is 11.3. The van der Waals surface area contributed by atoms with Crippen molar-refractivity contribution in [1.29, 1.82) is 0 Å². The number of furan rings is 1. The number of benzene rings is 1. The number of anilines is 2. The number of hydrogen-bond donors (Lipinski definition) is 1. The molecule has 4 aromatic rings. The molecule has 3 aromatic heterocycles. The minimum Gasteiger partial charge on any atom is -0.467 e. The molecule has 9 nitrogen and oxygen atoms in total. The summed E-state index contributed by atoms with van der Waals surface area (Å²) < 4.78 is 9.44. The van der Waals surface area contributed by atoms with Crippen LogP contribution < -0.4 is 10.2 Å². The number of nitrogens with one attached hydrogen (secondary N) is 1. The Morgan fingerprint density at radius 3 is 2.62 bits per heavy atom. The average molecular weight is 478 g/mol. The Labute approximate surface area is 202 Å². The van der Waals surface area contributed by atoms with Gasteiger partial charge in [0.2, 0.25) is 11.9 Å². The van der Waals surface area contributed by atoms with Crippen LogP contribution in [0.2, 0.25) is 0 Å². The van der Waals surface area contributed by atoms with Gasteiger partial charge in [-0.3, -0.25) is 9.36 Å². The first-order valence-corrected chi connectivity index (χ1v) is 12.3. The minimum absolute atomic E-state index is 0.112. The molecule has 0 bridgehead atoms. The van der Waals surface area contributed by atoms with Crippen molar-refractivity contribution in [3.63, 3.8) is 0 Å². The van der Waals surface area contributed by atoms with E-state index < -0.39 is 0 Å². The molecule has 1 N–H and O–H groups in total. The summed E-state index contributed by atoms with van der Waals surface area (Å²) in [6.07, 6.45) is 3.96. The molecule has 0 unspecified atom stereocenters. The molecule has 176 valence electrons. The second kappa shape index (κ2) is 9.76. The summed E-state index contributed by atoms with van der Waals surface area (Å²) in [7, 11) is 0. The molecule has 0 saturated carbocycles. The number of thioether (sulfide) groups is 1. The van der Waals surface area contributed by atoms with E-state index in [1.807, 2.05) is 65.6 Å². The molecule has 34 heavy (non-hydrogen) atoms. The van der Waals surface area contributed by atoms with Crippen LogP contribution in [0.5, 0.6) is 0 Å². The van der Waals surface area contributed by atoms with E-state index in [1.165, 1.54) is 11.8 Å². The van der Waals surface area contributed by atoms with Crippen molar-refractivity contribution in [3.05, 3.63) is 65.9 Å². The van der Waals surface area contributed by atoms with Gasteiger partial charge in [0.1, 0.15) is 5.76 Å². The zero-order valence-corrected chi connectivity index (χ0v) is 20.1. The Bertz CT molecular complexity index is 1260. The number of nitrogens with zero attached hydrogens (tertiary/aromatic N) is 6. The van der Waals surface area contributed by atoms with E-state index in [2.05, 4.69) is 25.5 Å². The summed E-state index contributed by atoms with van der Waals surface area (Å²) in [6.45, 7) is 6.31. The van der Waals surface area contributed by atoms with Crippen molar-refractivity contribution >= 4 is 29.3 Å². The molecule has 0 atom stereocenters. The van der Waals surface area contributed by atoms with Crippen LogP contribution in [0, 0.1) is 13.8 Å². The minimum atomic E-state index is -0.112. The van der Waals surface area contributed by atoms with Gasteiger partial charge >= 0.3 is 0 Å². The lowest BCUT2D eigenvalue weighted by Crippen LogP contribution is -2.23. The highest BCUT2D eigenvalue weighted by molar-refractivity contribution is 7.99. The maximum Gasteiger partial charge on any atom is 0.234 e. The lowest BCUT2D eigenvalue weighted by atomic mass is 10.3. The predicted molar refractivity (Wildman–Crippen MR) is 132 cm³/mol. The molecule has 0 radical (unpaired) electrons. The van der Waals surface area contributed by atoms with E-state index in [0.717, 1.165) is 60.4 Å². The van der Waals surface area contributed by atoms with Gasteiger partial charge in [-0.05, 0) is 51.0 Å². The van der Waals surface area contributed by atoms with Crippen LogP contribution in [0.1, 0.15) is 30.0 Å². The maximum atomic E-state index is 12.9. The SMILES string of the molecule is Cc1nn(-c2ccccc2)c(C)c1NC(=O)CSc1nnc(N2CCCC2)n1Cc1ccco1. The van der Waals surface area contributed by atoms with Gasteiger partial charge in [0, 0.05) is 13.1 Å². The average Bonchev–Trinajstić information content (AvgIpc) is 3.65. The number of aromatic nitrogens is 5. The van der Waals surface area contributed by atoms with Gasteiger partial charge in [0.15, 0.2) is 5.16 Å². The van der Waals surface area contributed by atoms with Crippen molar-refractivity contribution in [2.75, 3.05) is 29.1 Å². The molecule has 1 amide bonds. The molecule has 1 aliphatic rings. The molecule has 0 spiro atoms. The Morgan fingerprint density at radius 1 is 1.09 bits per heavy atom. The largest absolute Gasteiger partial charge is 0.467 e. The zero-order chi connectivity index (χ0) is 23.5. The van der Waals surface area contributed by atoms with Crippen molar-refractivity contribution in [3.8, 4) is 5.69 Å². The number of aryl methyl sites for hydroxylation is 1. The van der Waals surface area contributed by atoms with Crippen molar-refractivity contribution in [1.82, 2.24) is 24.5 Å². The van der Waals surface area contributed by atoms with Crippen LogP contribution in [0.4, 0.5) is 11.6 Å². The van der Waals surface area contributed by atoms with Crippen LogP contribution in [-0.4, -0.2) is 49.3 Å². The summed E-state index contributed by atoms with van der Waals surface area (Å²) in [4.78, 5) is 15.1. The van der Waals surface area contributed by atoms with Crippen molar-refractivity contribution < 1.29 is 9.21 Å². The molecule has 4 heterocycles. The number of rotatable bonds is 8. The molecule has 1 aliphatic heterocycles. The summed E-state index contributed by atoms with van der Waals surface area (Å²) >= 11 is 1.37. The topological polar surface area (TPSA) is 94.0 Å². The van der Waals surface area contributed by atoms with Crippen molar-refractivity contribution in [2.45, 2.75) is 38.4 Å². The summed E-state index contributed by atoms with van der Waals surface area (Å²) in [5, 5.41) is 17.2. The Hall–Kier alpha value is -3.53. The second-order valence-corrected chi connectivity index (χ2v) is 9.21. The second-order valence-electron chi connectivity index (χ2n) is 8.27. The number of amides is 1. The van der Waals surface area contributed by atoms with Gasteiger partial charge < -0.3 is 14.6 Å². The van der Waals surface area contributed by atoms with Crippen LogP contribution in [-0.2, 0) is 11.3 Å². The zero-order valence-electron chi connectivity index (χ0n) is 19.3. The number of carbonyl (C=O) groups excluding carboxylic acids is 1. The third-order valence-electron chi connectivity index (χ3n) is 5.87. The quantitative estimate of drug-likeness (QED) is 0.383. The molecular formula is C24H27N7O2S. The fourth-order valence-electron chi connectivity index (χ4n) is 4.19. The summed E-state index contributed by atoms with van der Waals surface area (Å²) in [5.74, 6) is 1.75. The number of carbonyl (C=O) groups is 1. The highest BCUT2D eigenvalue weighted by Gasteiger charge is 2.23. The lowest BCUT2D eigenvalue weighted by Gasteiger charge is -2.17. The first kappa shape index (κ1) is 22.3. The molecule has 1 fully saturated rings. The third kappa shape index (κ3) is 4.58. The highest BCUT2D eigenvalue weighted by atomic mass is 32.2. The Morgan fingerprint density at radius 2 is 1.88 bits per heavy atom. The Balaban J connectivity index is 1.30. The van der Waals surface area contributed by atoms with E-state index in [4.69, 9.17) is 4.42 Å². The summed E-state index contributed by atoms with van der Waals surface area (Å²) in [5.41, 5.74) is 3.36. The fraction of sp³-hybridized carbons (Fsp3) is 0.333. The predicted octanol–water partition coefficient (Wildman–Crippen LogP) is 4.05. The van der Waals surface area contributed by atoms with Crippen LogP contribution in [0.15, 0.2) is 58.3 Å². The molecule has 5 rings (SSSR count). The van der Waals surface area contributed by atoms with Gasteiger partial charge in [-0.25, -0.2) is 4.68 Å². The Kier molecular flexibility index (Phi) is 6.39. The number of hydrogen-bond acceptors (Lipinski definition) is 7. The van der Waals surface area contributed by atoms with Crippen molar-refractivity contribution in [2.24, 2.45) is 0 Å².